The minimum absolute atomic E-state index is 0.0580. The predicted octanol–water partition coefficient (Wildman–Crippen LogP) is 3.53. The third kappa shape index (κ3) is 2.34. The van der Waals surface area contributed by atoms with Crippen LogP contribution in [0.3, 0.4) is 0 Å². The van der Waals surface area contributed by atoms with E-state index in [1.807, 2.05) is 19.9 Å². The number of thiazole rings is 1. The summed E-state index contributed by atoms with van der Waals surface area (Å²) in [4.78, 5) is 16.9. The Morgan fingerprint density at radius 1 is 1.45 bits per heavy atom. The van der Waals surface area contributed by atoms with Crippen molar-refractivity contribution in [1.29, 1.82) is 0 Å². The van der Waals surface area contributed by atoms with Crippen LogP contribution in [-0.2, 0) is 11.2 Å². The summed E-state index contributed by atoms with van der Waals surface area (Å²) in [6, 6.07) is 6.90. The fourth-order valence-corrected chi connectivity index (χ4v) is 3.54. The molecule has 1 aromatic carbocycles. The van der Waals surface area contributed by atoms with Gasteiger partial charge in [-0.1, -0.05) is 12.1 Å². The van der Waals surface area contributed by atoms with Gasteiger partial charge in [-0.25, -0.2) is 9.78 Å². The maximum Gasteiger partial charge on any atom is 0.335 e. The second-order valence-corrected chi connectivity index (χ2v) is 6.04. The van der Waals surface area contributed by atoms with Gasteiger partial charge in [0.05, 0.1) is 28.3 Å². The monoisotopic (exact) mass is 289 g/mol. The normalized spacial score (nSPS) is 21.5. The van der Waals surface area contributed by atoms with Crippen molar-refractivity contribution in [1.82, 2.24) is 4.98 Å². The molecule has 2 atom stereocenters. The molecule has 2 aromatic rings. The SMILES string of the molecule is CC1Cc2nc(-c3cccc(C(=O)O)c3)sc2C(C)O1. The van der Waals surface area contributed by atoms with E-state index in [2.05, 4.69) is 4.98 Å². The molecule has 1 aliphatic heterocycles. The van der Waals surface area contributed by atoms with Crippen molar-refractivity contribution < 1.29 is 14.6 Å². The second kappa shape index (κ2) is 5.00. The van der Waals surface area contributed by atoms with E-state index in [-0.39, 0.29) is 17.8 Å². The van der Waals surface area contributed by atoms with Crippen LogP contribution in [0.15, 0.2) is 24.3 Å². The lowest BCUT2D eigenvalue weighted by atomic mass is 10.1. The van der Waals surface area contributed by atoms with Gasteiger partial charge in [0, 0.05) is 12.0 Å². The van der Waals surface area contributed by atoms with Gasteiger partial charge in [-0.15, -0.1) is 11.3 Å². The number of rotatable bonds is 2. The Labute approximate surface area is 121 Å². The third-order valence-electron chi connectivity index (χ3n) is 3.37. The van der Waals surface area contributed by atoms with Gasteiger partial charge in [0.2, 0.25) is 0 Å². The van der Waals surface area contributed by atoms with Crippen LogP contribution in [0.4, 0.5) is 0 Å². The highest BCUT2D eigenvalue weighted by atomic mass is 32.1. The van der Waals surface area contributed by atoms with Crippen LogP contribution in [-0.4, -0.2) is 22.2 Å². The lowest BCUT2D eigenvalue weighted by Gasteiger charge is -2.23. The smallest absolute Gasteiger partial charge is 0.335 e. The Kier molecular flexibility index (Phi) is 3.31. The molecule has 0 fully saturated rings. The van der Waals surface area contributed by atoms with Gasteiger partial charge >= 0.3 is 5.97 Å². The van der Waals surface area contributed by atoms with Gasteiger partial charge in [-0.05, 0) is 26.0 Å². The maximum absolute atomic E-state index is 11.0. The summed E-state index contributed by atoms with van der Waals surface area (Å²) in [5, 5.41) is 9.92. The highest BCUT2D eigenvalue weighted by molar-refractivity contribution is 7.15. The molecular formula is C15H15NO3S. The number of benzene rings is 1. The first kappa shape index (κ1) is 13.3. The molecule has 20 heavy (non-hydrogen) atoms. The van der Waals surface area contributed by atoms with Gasteiger partial charge in [-0.2, -0.15) is 0 Å². The Morgan fingerprint density at radius 3 is 3.00 bits per heavy atom. The van der Waals surface area contributed by atoms with Crippen LogP contribution in [0.2, 0.25) is 0 Å². The summed E-state index contributed by atoms with van der Waals surface area (Å²) < 4.78 is 5.80. The lowest BCUT2D eigenvalue weighted by molar-refractivity contribution is -0.00317. The molecule has 4 nitrogen and oxygen atoms in total. The average molecular weight is 289 g/mol. The van der Waals surface area contributed by atoms with E-state index in [0.29, 0.717) is 0 Å². The lowest BCUT2D eigenvalue weighted by Crippen LogP contribution is -2.20. The number of carboxylic acids is 1. The molecule has 3 rings (SSSR count). The average Bonchev–Trinajstić information content (AvgIpc) is 2.83. The van der Waals surface area contributed by atoms with Gasteiger partial charge < -0.3 is 9.84 Å². The highest BCUT2D eigenvalue weighted by Crippen LogP contribution is 2.38. The third-order valence-corrected chi connectivity index (χ3v) is 4.68. The number of fused-ring (bicyclic) bond motifs is 1. The molecule has 1 aliphatic rings. The van der Waals surface area contributed by atoms with Gasteiger partial charge in [0.25, 0.3) is 0 Å². The molecule has 5 heteroatoms. The van der Waals surface area contributed by atoms with E-state index in [1.165, 1.54) is 0 Å². The Hall–Kier alpha value is -1.72. The van der Waals surface area contributed by atoms with Crippen molar-refractivity contribution in [3.8, 4) is 10.6 Å². The van der Waals surface area contributed by atoms with E-state index in [1.54, 1.807) is 29.5 Å². The van der Waals surface area contributed by atoms with Crippen LogP contribution in [0.1, 0.15) is 40.9 Å². The maximum atomic E-state index is 11.0. The summed E-state index contributed by atoms with van der Waals surface area (Å²) in [6.07, 6.45) is 1.05. The first-order valence-electron chi connectivity index (χ1n) is 6.53. The zero-order valence-corrected chi connectivity index (χ0v) is 12.1. The summed E-state index contributed by atoms with van der Waals surface area (Å²) in [7, 11) is 0. The molecule has 1 aromatic heterocycles. The minimum Gasteiger partial charge on any atom is -0.478 e. The molecule has 0 radical (unpaired) electrons. The van der Waals surface area contributed by atoms with E-state index < -0.39 is 5.97 Å². The number of hydrogen-bond acceptors (Lipinski definition) is 4. The van der Waals surface area contributed by atoms with Crippen molar-refractivity contribution in [2.45, 2.75) is 32.5 Å². The molecule has 2 heterocycles. The second-order valence-electron chi connectivity index (χ2n) is 5.01. The van der Waals surface area contributed by atoms with Crippen molar-refractivity contribution in [2.75, 3.05) is 0 Å². The van der Waals surface area contributed by atoms with Crippen LogP contribution >= 0.6 is 11.3 Å². The Morgan fingerprint density at radius 2 is 2.25 bits per heavy atom. The minimum atomic E-state index is -0.918. The summed E-state index contributed by atoms with van der Waals surface area (Å²) in [5.41, 5.74) is 2.22. The van der Waals surface area contributed by atoms with E-state index >= 15 is 0 Å². The van der Waals surface area contributed by atoms with Gasteiger partial charge in [-0.3, -0.25) is 0 Å². The predicted molar refractivity (Wildman–Crippen MR) is 77.2 cm³/mol. The molecule has 0 aliphatic carbocycles. The number of carboxylic acid groups (broad SMARTS) is 1. The van der Waals surface area contributed by atoms with Gasteiger partial charge in [0.1, 0.15) is 5.01 Å². The molecule has 0 bridgehead atoms. The standard InChI is InChI=1S/C15H15NO3S/c1-8-6-12-13(9(2)19-8)20-14(16-12)10-4-3-5-11(7-10)15(17)18/h3-5,7-9H,6H2,1-2H3,(H,17,18). The largest absolute Gasteiger partial charge is 0.478 e. The Balaban J connectivity index is 2.02. The number of ether oxygens (including phenoxy) is 1. The van der Waals surface area contributed by atoms with Crippen molar-refractivity contribution >= 4 is 17.3 Å². The van der Waals surface area contributed by atoms with Crippen LogP contribution < -0.4 is 0 Å². The fraction of sp³-hybridized carbons (Fsp3) is 0.333. The van der Waals surface area contributed by atoms with E-state index in [4.69, 9.17) is 9.84 Å². The van der Waals surface area contributed by atoms with E-state index in [0.717, 1.165) is 27.6 Å². The quantitative estimate of drug-likeness (QED) is 0.918. The first-order valence-corrected chi connectivity index (χ1v) is 7.35. The van der Waals surface area contributed by atoms with Gasteiger partial charge in [0.15, 0.2) is 0 Å². The van der Waals surface area contributed by atoms with Crippen molar-refractivity contribution in [3.63, 3.8) is 0 Å². The summed E-state index contributed by atoms with van der Waals surface area (Å²) in [5.74, 6) is -0.918. The number of carbonyl (C=O) groups is 1. The topological polar surface area (TPSA) is 59.4 Å². The van der Waals surface area contributed by atoms with Crippen LogP contribution in [0, 0.1) is 0 Å². The number of hydrogen-bond donors (Lipinski definition) is 1. The summed E-state index contributed by atoms with van der Waals surface area (Å²) in [6.45, 7) is 4.08. The molecule has 0 spiro atoms. The van der Waals surface area contributed by atoms with Crippen LogP contribution in [0.25, 0.3) is 10.6 Å². The van der Waals surface area contributed by atoms with Crippen molar-refractivity contribution in [3.05, 3.63) is 40.4 Å². The first-order chi connectivity index (χ1) is 9.54. The van der Waals surface area contributed by atoms with E-state index in [9.17, 15) is 4.79 Å². The number of aromatic nitrogens is 1. The molecule has 2 unspecified atom stereocenters. The molecule has 0 amide bonds. The van der Waals surface area contributed by atoms with Crippen LogP contribution in [0.5, 0.6) is 0 Å². The molecule has 1 N–H and O–H groups in total. The number of aromatic carboxylic acids is 1. The zero-order valence-electron chi connectivity index (χ0n) is 11.3. The fourth-order valence-electron chi connectivity index (χ4n) is 2.47. The molecule has 0 saturated heterocycles. The zero-order chi connectivity index (χ0) is 14.3. The Bertz CT molecular complexity index is 665. The van der Waals surface area contributed by atoms with Crippen molar-refractivity contribution in [2.24, 2.45) is 0 Å². The summed E-state index contributed by atoms with van der Waals surface area (Å²) >= 11 is 1.59. The highest BCUT2D eigenvalue weighted by Gasteiger charge is 2.26. The molecule has 104 valence electrons. The molecular weight excluding hydrogens is 274 g/mol. The number of nitrogens with zero attached hydrogens (tertiary/aromatic N) is 1. The molecule has 0 saturated carbocycles.